The number of rotatable bonds is 3. The SMILES string of the molecule is Cc1csc(C2(NC3CC3)CCCOCC2)n1. The molecule has 2 fully saturated rings. The number of ether oxygens (including phenoxy) is 1. The van der Waals surface area contributed by atoms with E-state index >= 15 is 0 Å². The fraction of sp³-hybridized carbons (Fsp3) is 0.769. The van der Waals surface area contributed by atoms with Crippen LogP contribution in [0.5, 0.6) is 0 Å². The molecule has 1 aliphatic carbocycles. The molecule has 1 unspecified atom stereocenters. The summed E-state index contributed by atoms with van der Waals surface area (Å²) in [6, 6.07) is 0.720. The maximum absolute atomic E-state index is 5.62. The molecule has 3 nitrogen and oxygen atoms in total. The van der Waals surface area contributed by atoms with Gasteiger partial charge in [-0.3, -0.25) is 0 Å². The standard InChI is InChI=1S/C13H20N2OS/c1-10-9-17-12(14-10)13(15-11-3-4-11)5-2-7-16-8-6-13/h9,11,15H,2-8H2,1H3. The summed E-state index contributed by atoms with van der Waals surface area (Å²) in [6.45, 7) is 3.84. The molecule has 94 valence electrons. The molecule has 0 spiro atoms. The van der Waals surface area contributed by atoms with E-state index in [2.05, 4.69) is 17.6 Å². The Morgan fingerprint density at radius 2 is 2.29 bits per heavy atom. The van der Waals surface area contributed by atoms with E-state index in [-0.39, 0.29) is 5.54 Å². The number of aromatic nitrogens is 1. The Morgan fingerprint density at radius 3 is 3.00 bits per heavy atom. The minimum atomic E-state index is 0.0938. The van der Waals surface area contributed by atoms with Crippen LogP contribution in [0.4, 0.5) is 0 Å². The lowest BCUT2D eigenvalue weighted by molar-refractivity contribution is 0.136. The van der Waals surface area contributed by atoms with Crippen molar-refractivity contribution in [2.45, 2.75) is 50.6 Å². The van der Waals surface area contributed by atoms with Gasteiger partial charge in [-0.1, -0.05) is 0 Å². The highest BCUT2D eigenvalue weighted by Gasteiger charge is 2.40. The van der Waals surface area contributed by atoms with Crippen molar-refractivity contribution in [1.29, 1.82) is 0 Å². The molecule has 1 saturated carbocycles. The largest absolute Gasteiger partial charge is 0.381 e. The highest BCUT2D eigenvalue weighted by atomic mass is 32.1. The molecule has 3 rings (SSSR count). The molecule has 17 heavy (non-hydrogen) atoms. The van der Waals surface area contributed by atoms with Gasteiger partial charge in [-0.25, -0.2) is 4.98 Å². The normalized spacial score (nSPS) is 30.2. The molecule has 2 heterocycles. The summed E-state index contributed by atoms with van der Waals surface area (Å²) in [6.07, 6.45) is 6.02. The van der Waals surface area contributed by atoms with Crippen LogP contribution in [0, 0.1) is 6.92 Å². The summed E-state index contributed by atoms with van der Waals surface area (Å²) < 4.78 is 5.62. The number of hydrogen-bond donors (Lipinski definition) is 1. The van der Waals surface area contributed by atoms with Crippen LogP contribution >= 0.6 is 11.3 Å². The molecular formula is C13H20N2OS. The average Bonchev–Trinajstić information content (AvgIpc) is 3.07. The summed E-state index contributed by atoms with van der Waals surface area (Å²) in [5, 5.41) is 7.28. The van der Waals surface area contributed by atoms with Crippen molar-refractivity contribution < 1.29 is 4.74 Å². The summed E-state index contributed by atoms with van der Waals surface area (Å²) >= 11 is 1.80. The molecule has 1 N–H and O–H groups in total. The van der Waals surface area contributed by atoms with Crippen LogP contribution < -0.4 is 5.32 Å². The van der Waals surface area contributed by atoms with Crippen molar-refractivity contribution in [3.63, 3.8) is 0 Å². The maximum Gasteiger partial charge on any atom is 0.113 e. The molecule has 4 heteroatoms. The molecule has 0 aromatic carbocycles. The molecule has 1 saturated heterocycles. The van der Waals surface area contributed by atoms with Gasteiger partial charge in [0.15, 0.2) is 0 Å². The number of hydrogen-bond acceptors (Lipinski definition) is 4. The lowest BCUT2D eigenvalue weighted by Gasteiger charge is -2.31. The molecular weight excluding hydrogens is 232 g/mol. The Balaban J connectivity index is 1.87. The fourth-order valence-corrected chi connectivity index (χ4v) is 3.58. The molecule has 0 bridgehead atoms. The van der Waals surface area contributed by atoms with Gasteiger partial charge in [0.05, 0.1) is 5.54 Å². The van der Waals surface area contributed by atoms with Crippen LogP contribution in [0.3, 0.4) is 0 Å². The number of thiazole rings is 1. The van der Waals surface area contributed by atoms with Crippen LogP contribution in [-0.2, 0) is 10.3 Å². The monoisotopic (exact) mass is 252 g/mol. The van der Waals surface area contributed by atoms with E-state index < -0.39 is 0 Å². The van der Waals surface area contributed by atoms with Crippen molar-refractivity contribution in [3.8, 4) is 0 Å². The highest BCUT2D eigenvalue weighted by molar-refractivity contribution is 7.09. The first-order valence-corrected chi connectivity index (χ1v) is 7.44. The van der Waals surface area contributed by atoms with Gasteiger partial charge < -0.3 is 10.1 Å². The van der Waals surface area contributed by atoms with Gasteiger partial charge in [0.25, 0.3) is 0 Å². The predicted molar refractivity (Wildman–Crippen MR) is 69.4 cm³/mol. The van der Waals surface area contributed by atoms with Gasteiger partial charge in [0.2, 0.25) is 0 Å². The first-order valence-electron chi connectivity index (χ1n) is 6.57. The van der Waals surface area contributed by atoms with E-state index in [1.165, 1.54) is 17.8 Å². The fourth-order valence-electron chi connectivity index (χ4n) is 2.56. The third-order valence-electron chi connectivity index (χ3n) is 3.65. The third kappa shape index (κ3) is 2.54. The first-order chi connectivity index (χ1) is 8.28. The first kappa shape index (κ1) is 11.6. The topological polar surface area (TPSA) is 34.1 Å². The molecule has 0 amide bonds. The van der Waals surface area contributed by atoms with E-state index in [1.807, 2.05) is 0 Å². The third-order valence-corrected chi connectivity index (χ3v) is 4.82. The second-order valence-electron chi connectivity index (χ2n) is 5.26. The zero-order chi connectivity index (χ0) is 11.7. The molecule has 2 aliphatic rings. The van der Waals surface area contributed by atoms with Crippen LogP contribution in [0.25, 0.3) is 0 Å². The summed E-state index contributed by atoms with van der Waals surface area (Å²) in [5.74, 6) is 0. The van der Waals surface area contributed by atoms with Crippen LogP contribution in [0.15, 0.2) is 5.38 Å². The van der Waals surface area contributed by atoms with Gasteiger partial charge in [-0.15, -0.1) is 11.3 Å². The summed E-state index contributed by atoms with van der Waals surface area (Å²) in [5.41, 5.74) is 1.24. The molecule has 1 aromatic rings. The number of nitrogens with one attached hydrogen (secondary N) is 1. The Hall–Kier alpha value is -0.450. The van der Waals surface area contributed by atoms with Gasteiger partial charge in [-0.2, -0.15) is 0 Å². The Labute approximate surface area is 107 Å². The molecule has 1 atom stereocenters. The van der Waals surface area contributed by atoms with Gasteiger partial charge in [0.1, 0.15) is 5.01 Å². The second kappa shape index (κ2) is 4.67. The smallest absolute Gasteiger partial charge is 0.113 e. The van der Waals surface area contributed by atoms with Crippen molar-refractivity contribution >= 4 is 11.3 Å². The maximum atomic E-state index is 5.62. The van der Waals surface area contributed by atoms with E-state index in [0.29, 0.717) is 0 Å². The van der Waals surface area contributed by atoms with Crippen LogP contribution in [0.2, 0.25) is 0 Å². The summed E-state index contributed by atoms with van der Waals surface area (Å²) in [7, 11) is 0. The molecule has 1 aromatic heterocycles. The predicted octanol–water partition coefficient (Wildman–Crippen LogP) is 2.60. The van der Waals surface area contributed by atoms with Gasteiger partial charge in [-0.05, 0) is 39.0 Å². The zero-order valence-corrected chi connectivity index (χ0v) is 11.2. The molecule has 1 aliphatic heterocycles. The number of aryl methyl sites for hydroxylation is 1. The van der Waals surface area contributed by atoms with Gasteiger partial charge in [0, 0.05) is 30.3 Å². The number of nitrogens with zero attached hydrogens (tertiary/aromatic N) is 1. The zero-order valence-electron chi connectivity index (χ0n) is 10.4. The Bertz CT molecular complexity index is 379. The van der Waals surface area contributed by atoms with Crippen molar-refractivity contribution in [1.82, 2.24) is 10.3 Å². The van der Waals surface area contributed by atoms with E-state index in [4.69, 9.17) is 9.72 Å². The van der Waals surface area contributed by atoms with Crippen molar-refractivity contribution in [2.24, 2.45) is 0 Å². The molecule has 0 radical (unpaired) electrons. The Morgan fingerprint density at radius 1 is 1.41 bits per heavy atom. The van der Waals surface area contributed by atoms with E-state index in [1.54, 1.807) is 11.3 Å². The highest BCUT2D eigenvalue weighted by Crippen LogP contribution is 2.37. The lowest BCUT2D eigenvalue weighted by Crippen LogP contribution is -2.44. The van der Waals surface area contributed by atoms with Crippen molar-refractivity contribution in [2.75, 3.05) is 13.2 Å². The van der Waals surface area contributed by atoms with Crippen LogP contribution in [-0.4, -0.2) is 24.2 Å². The second-order valence-corrected chi connectivity index (χ2v) is 6.12. The minimum Gasteiger partial charge on any atom is -0.381 e. The minimum absolute atomic E-state index is 0.0938. The Kier molecular flexibility index (Phi) is 3.19. The van der Waals surface area contributed by atoms with E-state index in [9.17, 15) is 0 Å². The van der Waals surface area contributed by atoms with E-state index in [0.717, 1.165) is 44.2 Å². The quantitative estimate of drug-likeness (QED) is 0.898. The van der Waals surface area contributed by atoms with Gasteiger partial charge >= 0.3 is 0 Å². The van der Waals surface area contributed by atoms with Crippen LogP contribution in [0.1, 0.15) is 42.8 Å². The lowest BCUT2D eigenvalue weighted by atomic mass is 9.91. The van der Waals surface area contributed by atoms with Crippen molar-refractivity contribution in [3.05, 3.63) is 16.1 Å². The average molecular weight is 252 g/mol. The summed E-state index contributed by atoms with van der Waals surface area (Å²) in [4.78, 5) is 4.73.